The van der Waals surface area contributed by atoms with Crippen molar-refractivity contribution < 1.29 is 4.79 Å². The van der Waals surface area contributed by atoms with Gasteiger partial charge in [0.1, 0.15) is 5.82 Å². The minimum atomic E-state index is 0.0208. The minimum Gasteiger partial charge on any atom is -0.310 e. The molecule has 0 aliphatic carbocycles. The van der Waals surface area contributed by atoms with E-state index in [2.05, 4.69) is 38.5 Å². The van der Waals surface area contributed by atoms with Gasteiger partial charge < -0.3 is 5.32 Å². The van der Waals surface area contributed by atoms with Gasteiger partial charge in [0, 0.05) is 22.4 Å². The zero-order valence-electron chi connectivity index (χ0n) is 13.2. The largest absolute Gasteiger partial charge is 0.310 e. The summed E-state index contributed by atoms with van der Waals surface area (Å²) in [5.41, 5.74) is 4.12. The molecule has 0 saturated carbocycles. The number of nitrogens with one attached hydrogen (secondary N) is 1. The topological polar surface area (TPSA) is 46.9 Å². The van der Waals surface area contributed by atoms with Crippen molar-refractivity contribution in [1.82, 2.24) is 9.78 Å². The van der Waals surface area contributed by atoms with Gasteiger partial charge in [0.15, 0.2) is 0 Å². The molecule has 1 unspecified atom stereocenters. The highest BCUT2D eigenvalue weighted by molar-refractivity contribution is 9.10. The summed E-state index contributed by atoms with van der Waals surface area (Å²) in [7, 11) is 0. The van der Waals surface area contributed by atoms with Crippen LogP contribution in [0.5, 0.6) is 0 Å². The molecule has 3 aromatic rings. The first kappa shape index (κ1) is 15.1. The van der Waals surface area contributed by atoms with Crippen LogP contribution in [0.1, 0.15) is 29.2 Å². The summed E-state index contributed by atoms with van der Waals surface area (Å²) in [6.07, 6.45) is 0.440. The average Bonchev–Trinajstić information content (AvgIpc) is 2.92. The fourth-order valence-corrected chi connectivity index (χ4v) is 3.55. The number of halogens is 1. The van der Waals surface area contributed by atoms with Crippen LogP contribution in [0.15, 0.2) is 59.1 Å². The molecule has 0 fully saturated rings. The van der Waals surface area contributed by atoms with Crippen LogP contribution >= 0.6 is 15.9 Å². The Kier molecular flexibility index (Phi) is 3.73. The second-order valence-electron chi connectivity index (χ2n) is 5.95. The highest BCUT2D eigenvalue weighted by Gasteiger charge is 2.32. The minimum absolute atomic E-state index is 0.0208. The molecule has 1 aromatic heterocycles. The number of aromatic nitrogens is 2. The van der Waals surface area contributed by atoms with Crippen molar-refractivity contribution >= 4 is 27.7 Å². The highest BCUT2D eigenvalue weighted by Crippen LogP contribution is 2.40. The first-order chi connectivity index (χ1) is 11.6. The van der Waals surface area contributed by atoms with Crippen LogP contribution in [0.3, 0.4) is 0 Å². The summed E-state index contributed by atoms with van der Waals surface area (Å²) in [5, 5.41) is 7.69. The molecule has 1 amide bonds. The van der Waals surface area contributed by atoms with Gasteiger partial charge in [0.2, 0.25) is 5.91 Å². The van der Waals surface area contributed by atoms with Gasteiger partial charge in [-0.2, -0.15) is 5.10 Å². The Morgan fingerprint density at radius 3 is 2.54 bits per heavy atom. The van der Waals surface area contributed by atoms with Gasteiger partial charge >= 0.3 is 0 Å². The lowest BCUT2D eigenvalue weighted by molar-refractivity contribution is -0.116. The van der Waals surface area contributed by atoms with E-state index in [0.29, 0.717) is 6.42 Å². The Hall–Kier alpha value is -2.40. The van der Waals surface area contributed by atoms with Crippen molar-refractivity contribution in [2.24, 2.45) is 0 Å². The molecule has 4 nitrogen and oxygen atoms in total. The molecule has 1 atom stereocenters. The zero-order chi connectivity index (χ0) is 16.7. The maximum absolute atomic E-state index is 12.3. The van der Waals surface area contributed by atoms with E-state index < -0.39 is 0 Å². The van der Waals surface area contributed by atoms with Crippen LogP contribution in [0.2, 0.25) is 0 Å². The second-order valence-corrected chi connectivity index (χ2v) is 6.87. The molecule has 0 radical (unpaired) electrons. The normalized spacial score (nSPS) is 16.6. The number of carbonyl (C=O) groups excluding carboxylic acids is 1. The average molecular weight is 382 g/mol. The fourth-order valence-electron chi connectivity index (χ4n) is 3.28. The van der Waals surface area contributed by atoms with Crippen molar-refractivity contribution in [3.8, 4) is 5.69 Å². The number of aryl methyl sites for hydroxylation is 1. The van der Waals surface area contributed by atoms with E-state index >= 15 is 0 Å². The second kappa shape index (κ2) is 5.91. The molecule has 24 heavy (non-hydrogen) atoms. The molecule has 4 rings (SSSR count). The molecular formula is C19H16BrN3O. The molecule has 1 aliphatic heterocycles. The van der Waals surface area contributed by atoms with Gasteiger partial charge in [-0.3, -0.25) is 4.79 Å². The lowest BCUT2D eigenvalue weighted by Crippen LogP contribution is -2.24. The van der Waals surface area contributed by atoms with Gasteiger partial charge in [0.05, 0.1) is 11.4 Å². The maximum atomic E-state index is 12.3. The predicted molar refractivity (Wildman–Crippen MR) is 97.5 cm³/mol. The number of amides is 1. The Morgan fingerprint density at radius 2 is 1.83 bits per heavy atom. The molecule has 2 heterocycles. The van der Waals surface area contributed by atoms with E-state index in [1.807, 2.05) is 54.1 Å². The molecular weight excluding hydrogens is 366 g/mol. The number of carbonyl (C=O) groups is 1. The lowest BCUT2D eigenvalue weighted by atomic mass is 9.86. The number of hydrogen-bond acceptors (Lipinski definition) is 2. The first-order valence-corrected chi connectivity index (χ1v) is 8.63. The van der Waals surface area contributed by atoms with Crippen LogP contribution < -0.4 is 5.32 Å². The number of hydrogen-bond donors (Lipinski definition) is 1. The van der Waals surface area contributed by atoms with E-state index in [4.69, 9.17) is 0 Å². The summed E-state index contributed by atoms with van der Waals surface area (Å²) in [6.45, 7) is 2.00. The Bertz CT molecular complexity index is 900. The van der Waals surface area contributed by atoms with Gasteiger partial charge in [0.25, 0.3) is 0 Å². The summed E-state index contributed by atoms with van der Waals surface area (Å²) < 4.78 is 2.86. The molecule has 2 aromatic carbocycles. The summed E-state index contributed by atoms with van der Waals surface area (Å²) in [6, 6.07) is 18.0. The van der Waals surface area contributed by atoms with Crippen LogP contribution in [0, 0.1) is 6.92 Å². The third-order valence-corrected chi connectivity index (χ3v) is 4.90. The van der Waals surface area contributed by atoms with Gasteiger partial charge in [-0.15, -0.1) is 0 Å². The first-order valence-electron chi connectivity index (χ1n) is 7.84. The fraction of sp³-hybridized carbons (Fsp3) is 0.158. The number of para-hydroxylation sites is 1. The van der Waals surface area contributed by atoms with Crippen molar-refractivity contribution in [2.75, 3.05) is 5.32 Å². The van der Waals surface area contributed by atoms with E-state index in [-0.39, 0.29) is 11.8 Å². The van der Waals surface area contributed by atoms with E-state index in [1.165, 1.54) is 0 Å². The molecule has 5 heteroatoms. The lowest BCUT2D eigenvalue weighted by Gasteiger charge is -2.24. The standard InChI is InChI=1S/C19H16BrN3O/c1-12-18-16(13-7-9-14(20)10-8-13)11-17(24)21-19(18)23(22-12)15-5-3-2-4-6-15/h2-10,16H,11H2,1H3,(H,21,24). The molecule has 0 spiro atoms. The summed E-state index contributed by atoms with van der Waals surface area (Å²) in [5.74, 6) is 0.828. The Balaban J connectivity index is 1.87. The van der Waals surface area contributed by atoms with Gasteiger partial charge in [-0.1, -0.05) is 46.3 Å². The van der Waals surface area contributed by atoms with Crippen molar-refractivity contribution in [1.29, 1.82) is 0 Å². The van der Waals surface area contributed by atoms with Crippen LogP contribution in [-0.4, -0.2) is 15.7 Å². The van der Waals surface area contributed by atoms with Crippen molar-refractivity contribution in [2.45, 2.75) is 19.3 Å². The van der Waals surface area contributed by atoms with Crippen LogP contribution in [0.4, 0.5) is 5.82 Å². The number of fused-ring (bicyclic) bond motifs is 1. The SMILES string of the molecule is Cc1nn(-c2ccccc2)c2c1C(c1ccc(Br)cc1)CC(=O)N2. The van der Waals surface area contributed by atoms with Gasteiger partial charge in [-0.05, 0) is 36.8 Å². The van der Waals surface area contributed by atoms with Crippen LogP contribution in [0.25, 0.3) is 5.69 Å². The quantitative estimate of drug-likeness (QED) is 0.714. The molecule has 0 bridgehead atoms. The van der Waals surface area contributed by atoms with E-state index in [1.54, 1.807) is 0 Å². The number of anilines is 1. The van der Waals surface area contributed by atoms with Crippen molar-refractivity contribution in [3.63, 3.8) is 0 Å². The molecule has 0 saturated heterocycles. The van der Waals surface area contributed by atoms with Crippen molar-refractivity contribution in [3.05, 3.63) is 75.9 Å². The maximum Gasteiger partial charge on any atom is 0.226 e. The number of nitrogens with zero attached hydrogens (tertiary/aromatic N) is 2. The number of rotatable bonds is 2. The summed E-state index contributed by atoms with van der Waals surface area (Å²) >= 11 is 3.47. The van der Waals surface area contributed by atoms with E-state index in [9.17, 15) is 4.79 Å². The monoisotopic (exact) mass is 381 g/mol. The third-order valence-electron chi connectivity index (χ3n) is 4.38. The smallest absolute Gasteiger partial charge is 0.226 e. The number of benzene rings is 2. The summed E-state index contributed by atoms with van der Waals surface area (Å²) in [4.78, 5) is 12.3. The zero-order valence-corrected chi connectivity index (χ0v) is 14.7. The molecule has 1 aliphatic rings. The van der Waals surface area contributed by atoms with Crippen LogP contribution in [-0.2, 0) is 4.79 Å². The third kappa shape index (κ3) is 2.55. The highest BCUT2D eigenvalue weighted by atomic mass is 79.9. The van der Waals surface area contributed by atoms with E-state index in [0.717, 1.165) is 32.8 Å². The molecule has 120 valence electrons. The Labute approximate surface area is 148 Å². The molecule has 1 N–H and O–H groups in total. The Morgan fingerprint density at radius 1 is 1.12 bits per heavy atom. The predicted octanol–water partition coefficient (Wildman–Crippen LogP) is 4.42. The van der Waals surface area contributed by atoms with Gasteiger partial charge in [-0.25, -0.2) is 4.68 Å².